The maximum absolute atomic E-state index is 12.9. The highest BCUT2D eigenvalue weighted by molar-refractivity contribution is 6.30. The lowest BCUT2D eigenvalue weighted by atomic mass is 10.1. The van der Waals surface area contributed by atoms with Crippen molar-refractivity contribution in [3.8, 4) is 0 Å². The number of pyridine rings is 1. The van der Waals surface area contributed by atoms with Crippen molar-refractivity contribution in [2.24, 2.45) is 0 Å². The van der Waals surface area contributed by atoms with Crippen LogP contribution in [-0.4, -0.2) is 51.6 Å². The number of aryl methyl sites for hydroxylation is 1. The van der Waals surface area contributed by atoms with Crippen molar-refractivity contribution in [3.63, 3.8) is 0 Å². The predicted octanol–water partition coefficient (Wildman–Crippen LogP) is 3.05. The molecule has 0 saturated carbocycles. The highest BCUT2D eigenvalue weighted by Crippen LogP contribution is 2.30. The molecule has 1 aliphatic rings. The average molecular weight is 439 g/mol. The van der Waals surface area contributed by atoms with Gasteiger partial charge in [0.05, 0.1) is 24.3 Å². The molecule has 0 bridgehead atoms. The number of benzene rings is 1. The van der Waals surface area contributed by atoms with E-state index in [1.807, 2.05) is 29.1 Å². The van der Waals surface area contributed by atoms with Crippen LogP contribution in [0.25, 0.3) is 0 Å². The summed E-state index contributed by atoms with van der Waals surface area (Å²) >= 11 is 5.97. The molecule has 9 heteroatoms. The maximum atomic E-state index is 12.9. The molecule has 0 fully saturated rings. The Morgan fingerprint density at radius 2 is 2.10 bits per heavy atom. The molecule has 1 aromatic carbocycles. The van der Waals surface area contributed by atoms with Crippen LogP contribution in [0.1, 0.15) is 22.3 Å². The summed E-state index contributed by atoms with van der Waals surface area (Å²) in [6.07, 6.45) is 5.97. The van der Waals surface area contributed by atoms with Crippen molar-refractivity contribution in [3.05, 3.63) is 71.1 Å². The van der Waals surface area contributed by atoms with Crippen LogP contribution in [-0.2, 0) is 17.9 Å². The Labute approximate surface area is 185 Å². The second kappa shape index (κ2) is 9.18. The number of anilines is 2. The number of rotatable bonds is 7. The fourth-order valence-electron chi connectivity index (χ4n) is 3.47. The molecule has 1 N–H and O–H groups in total. The van der Waals surface area contributed by atoms with Crippen molar-refractivity contribution in [2.75, 3.05) is 30.4 Å². The monoisotopic (exact) mass is 438 g/mol. The van der Waals surface area contributed by atoms with Crippen molar-refractivity contribution < 1.29 is 9.59 Å². The molecule has 0 radical (unpaired) electrons. The lowest BCUT2D eigenvalue weighted by molar-refractivity contribution is -0.117. The quantitative estimate of drug-likeness (QED) is 0.613. The van der Waals surface area contributed by atoms with Crippen LogP contribution in [0.4, 0.5) is 11.5 Å². The molecule has 8 nitrogen and oxygen atoms in total. The van der Waals surface area contributed by atoms with Gasteiger partial charge in [-0.25, -0.2) is 4.98 Å². The normalized spacial score (nSPS) is 13.0. The first kappa shape index (κ1) is 20.9. The van der Waals surface area contributed by atoms with Crippen molar-refractivity contribution in [1.82, 2.24) is 19.7 Å². The smallest absolute Gasteiger partial charge is 0.255 e. The summed E-state index contributed by atoms with van der Waals surface area (Å²) in [6, 6.07) is 11.0. The van der Waals surface area contributed by atoms with Gasteiger partial charge in [-0.05, 0) is 36.2 Å². The van der Waals surface area contributed by atoms with E-state index in [4.69, 9.17) is 11.6 Å². The largest absolute Gasteiger partial charge is 0.359 e. The van der Waals surface area contributed by atoms with Gasteiger partial charge in [0.2, 0.25) is 5.91 Å². The van der Waals surface area contributed by atoms with Gasteiger partial charge in [0.1, 0.15) is 0 Å². The standard InChI is InChI=1S/C22H23ClN6O2/c1-27(9-3-11-28-10-2-8-26-28)22(31)17-12-19-21(24-13-17)25-14-20(30)29(19)15-16-4-6-18(23)7-5-16/h2,4-8,10,12-13H,3,9,11,14-15H2,1H3,(H,24,25). The Hall–Kier alpha value is -3.39. The minimum absolute atomic E-state index is 0.0820. The second-order valence-corrected chi connectivity index (χ2v) is 7.84. The lowest BCUT2D eigenvalue weighted by Gasteiger charge is -2.30. The molecule has 3 aromatic rings. The van der Waals surface area contributed by atoms with Gasteiger partial charge in [0.15, 0.2) is 5.82 Å². The Bertz CT molecular complexity index is 1070. The highest BCUT2D eigenvalue weighted by atomic mass is 35.5. The molecular weight excluding hydrogens is 416 g/mol. The fraction of sp³-hybridized carbons (Fsp3) is 0.273. The van der Waals surface area contributed by atoms with Crippen LogP contribution in [0.5, 0.6) is 0 Å². The van der Waals surface area contributed by atoms with E-state index in [1.165, 1.54) is 0 Å². The number of hydrogen-bond donors (Lipinski definition) is 1. The van der Waals surface area contributed by atoms with E-state index in [0.717, 1.165) is 18.5 Å². The molecule has 0 aliphatic carbocycles. The minimum atomic E-state index is -0.139. The first-order valence-electron chi connectivity index (χ1n) is 10.0. The SMILES string of the molecule is CN(CCCn1cccn1)C(=O)c1cnc2c(c1)N(Cc1ccc(Cl)cc1)C(=O)CN2. The van der Waals surface area contributed by atoms with Crippen LogP contribution in [0, 0.1) is 0 Å². The molecule has 2 amide bonds. The predicted molar refractivity (Wildman–Crippen MR) is 119 cm³/mol. The fourth-order valence-corrected chi connectivity index (χ4v) is 3.60. The Morgan fingerprint density at radius 1 is 1.29 bits per heavy atom. The van der Waals surface area contributed by atoms with Gasteiger partial charge in [-0.2, -0.15) is 5.10 Å². The third-order valence-corrected chi connectivity index (χ3v) is 5.41. The summed E-state index contributed by atoms with van der Waals surface area (Å²) in [5.74, 6) is 0.369. The van der Waals surface area contributed by atoms with Gasteiger partial charge in [-0.3, -0.25) is 14.3 Å². The summed E-state index contributed by atoms with van der Waals surface area (Å²) in [6.45, 7) is 1.86. The molecular formula is C22H23ClN6O2. The van der Waals surface area contributed by atoms with Gasteiger partial charge < -0.3 is 15.1 Å². The number of fused-ring (bicyclic) bond motifs is 1. The van der Waals surface area contributed by atoms with Crippen LogP contribution in [0.2, 0.25) is 5.02 Å². The Kier molecular flexibility index (Phi) is 6.18. The van der Waals surface area contributed by atoms with E-state index in [2.05, 4.69) is 15.4 Å². The molecule has 0 spiro atoms. The molecule has 0 atom stereocenters. The summed E-state index contributed by atoms with van der Waals surface area (Å²) in [4.78, 5) is 33.2. The van der Waals surface area contributed by atoms with Crippen LogP contribution in [0.3, 0.4) is 0 Å². The first-order chi connectivity index (χ1) is 15.0. The maximum Gasteiger partial charge on any atom is 0.255 e. The van der Waals surface area contributed by atoms with E-state index < -0.39 is 0 Å². The number of carbonyl (C=O) groups is 2. The van der Waals surface area contributed by atoms with E-state index in [-0.39, 0.29) is 18.4 Å². The number of amides is 2. The van der Waals surface area contributed by atoms with E-state index in [1.54, 1.807) is 47.4 Å². The van der Waals surface area contributed by atoms with E-state index >= 15 is 0 Å². The van der Waals surface area contributed by atoms with E-state index in [0.29, 0.717) is 35.2 Å². The molecule has 1 aliphatic heterocycles. The molecule has 31 heavy (non-hydrogen) atoms. The zero-order chi connectivity index (χ0) is 21.8. The summed E-state index contributed by atoms with van der Waals surface area (Å²) < 4.78 is 1.84. The van der Waals surface area contributed by atoms with Gasteiger partial charge in [0.25, 0.3) is 5.91 Å². The molecule has 4 rings (SSSR count). The molecule has 0 unspecified atom stereocenters. The van der Waals surface area contributed by atoms with Crippen LogP contribution < -0.4 is 10.2 Å². The van der Waals surface area contributed by atoms with Crippen LogP contribution >= 0.6 is 11.6 Å². The Balaban J connectivity index is 1.48. The zero-order valence-corrected chi connectivity index (χ0v) is 17.9. The molecule has 160 valence electrons. The summed E-state index contributed by atoms with van der Waals surface area (Å²) in [5, 5.41) is 7.83. The number of nitrogens with zero attached hydrogens (tertiary/aromatic N) is 5. The summed E-state index contributed by atoms with van der Waals surface area (Å²) in [7, 11) is 1.76. The summed E-state index contributed by atoms with van der Waals surface area (Å²) in [5.41, 5.74) is 1.98. The molecule has 0 saturated heterocycles. The second-order valence-electron chi connectivity index (χ2n) is 7.40. The van der Waals surface area contributed by atoms with Crippen molar-refractivity contribution in [1.29, 1.82) is 0 Å². The third-order valence-electron chi connectivity index (χ3n) is 5.15. The number of halogens is 1. The Morgan fingerprint density at radius 3 is 2.84 bits per heavy atom. The molecule has 3 heterocycles. The molecule has 2 aromatic heterocycles. The first-order valence-corrected chi connectivity index (χ1v) is 10.4. The number of nitrogens with one attached hydrogen (secondary N) is 1. The lowest BCUT2D eigenvalue weighted by Crippen LogP contribution is -2.40. The number of carbonyl (C=O) groups excluding carboxylic acids is 2. The van der Waals surface area contributed by atoms with Gasteiger partial charge in [-0.1, -0.05) is 23.7 Å². The topological polar surface area (TPSA) is 83.4 Å². The number of aromatic nitrogens is 3. The van der Waals surface area contributed by atoms with Crippen LogP contribution in [0.15, 0.2) is 55.0 Å². The van der Waals surface area contributed by atoms with Gasteiger partial charge >= 0.3 is 0 Å². The van der Waals surface area contributed by atoms with E-state index in [9.17, 15) is 9.59 Å². The third kappa shape index (κ3) is 4.86. The minimum Gasteiger partial charge on any atom is -0.359 e. The van der Waals surface area contributed by atoms with Gasteiger partial charge in [-0.15, -0.1) is 0 Å². The average Bonchev–Trinajstić information content (AvgIpc) is 3.29. The van der Waals surface area contributed by atoms with Crippen molar-refractivity contribution in [2.45, 2.75) is 19.5 Å². The highest BCUT2D eigenvalue weighted by Gasteiger charge is 2.26. The number of hydrogen-bond acceptors (Lipinski definition) is 5. The van der Waals surface area contributed by atoms with Gasteiger partial charge in [0, 0.05) is 43.8 Å². The van der Waals surface area contributed by atoms with Crippen molar-refractivity contribution >= 4 is 34.9 Å². The zero-order valence-electron chi connectivity index (χ0n) is 17.2.